The van der Waals surface area contributed by atoms with E-state index < -0.39 is 36.0 Å². The highest BCUT2D eigenvalue weighted by Gasteiger charge is 2.22. The predicted molar refractivity (Wildman–Crippen MR) is 102 cm³/mol. The number of nitrogens with zero attached hydrogens (tertiary/aromatic N) is 1. The van der Waals surface area contributed by atoms with E-state index in [0.717, 1.165) is 4.90 Å². The molecular formula is C20H25N2O5. The lowest BCUT2D eigenvalue weighted by Crippen LogP contribution is -2.35. The van der Waals surface area contributed by atoms with Crippen LogP contribution >= 0.6 is 0 Å². The average Bonchev–Trinajstić information content (AvgIpc) is 2.56. The van der Waals surface area contributed by atoms with Gasteiger partial charge in [-0.3, -0.25) is 19.3 Å². The first kappa shape index (κ1) is 22.1. The minimum Gasteiger partial charge on any atom is -0.458 e. The number of carbonyl (C=O) groups is 3. The SMILES string of the molecule is CC(=O)N(C[C]=O)C(=O)/C=C/c1ccccc1NC(C)C(=O)OC(C)(C)C. The van der Waals surface area contributed by atoms with Crippen molar-refractivity contribution >= 4 is 35.8 Å². The Kier molecular flexibility index (Phi) is 7.90. The molecule has 1 unspecified atom stereocenters. The standard InChI is InChI=1S/C20H25N2O5/c1-14(19(26)27-20(3,4)5)21-17-9-7-6-8-16(17)10-11-18(25)22(12-13-23)15(2)24/h6-11,14,21H,12H2,1-5H3/b11-10+. The van der Waals surface area contributed by atoms with Crippen LogP contribution in [0.2, 0.25) is 0 Å². The molecule has 0 saturated carbocycles. The van der Waals surface area contributed by atoms with Crippen molar-refractivity contribution in [1.82, 2.24) is 4.90 Å². The first-order valence-electron chi connectivity index (χ1n) is 8.48. The largest absolute Gasteiger partial charge is 0.458 e. The Morgan fingerprint density at radius 2 is 1.89 bits per heavy atom. The lowest BCUT2D eigenvalue weighted by molar-refractivity contribution is -0.155. The van der Waals surface area contributed by atoms with Gasteiger partial charge in [-0.1, -0.05) is 18.2 Å². The van der Waals surface area contributed by atoms with E-state index in [1.807, 2.05) is 0 Å². The van der Waals surface area contributed by atoms with E-state index in [1.165, 1.54) is 25.4 Å². The van der Waals surface area contributed by atoms with E-state index in [1.54, 1.807) is 52.0 Å². The fraction of sp³-hybridized carbons (Fsp3) is 0.400. The number of hydrogen-bond donors (Lipinski definition) is 1. The Bertz CT molecular complexity index is 734. The van der Waals surface area contributed by atoms with Crippen LogP contribution in [-0.2, 0) is 23.9 Å². The number of carbonyl (C=O) groups excluding carboxylic acids is 4. The Balaban J connectivity index is 2.93. The second-order valence-electron chi connectivity index (χ2n) is 6.91. The molecule has 0 heterocycles. The van der Waals surface area contributed by atoms with Crippen LogP contribution in [0.5, 0.6) is 0 Å². The van der Waals surface area contributed by atoms with E-state index >= 15 is 0 Å². The van der Waals surface area contributed by atoms with Crippen molar-refractivity contribution in [2.24, 2.45) is 0 Å². The lowest BCUT2D eigenvalue weighted by Gasteiger charge is -2.23. The van der Waals surface area contributed by atoms with Gasteiger partial charge in [0.05, 0.1) is 6.54 Å². The molecule has 27 heavy (non-hydrogen) atoms. The Morgan fingerprint density at radius 3 is 2.44 bits per heavy atom. The molecule has 1 radical (unpaired) electrons. The quantitative estimate of drug-likeness (QED) is 0.582. The minimum absolute atomic E-state index is 0.401. The summed E-state index contributed by atoms with van der Waals surface area (Å²) in [5, 5.41) is 3.05. The van der Waals surface area contributed by atoms with Gasteiger partial charge in [0.15, 0.2) is 0 Å². The maximum absolute atomic E-state index is 12.1. The number of para-hydroxylation sites is 1. The van der Waals surface area contributed by atoms with Crippen molar-refractivity contribution in [1.29, 1.82) is 0 Å². The Labute approximate surface area is 159 Å². The summed E-state index contributed by atoms with van der Waals surface area (Å²) >= 11 is 0. The van der Waals surface area contributed by atoms with Gasteiger partial charge in [-0.2, -0.15) is 0 Å². The summed E-state index contributed by atoms with van der Waals surface area (Å²) in [6.07, 6.45) is 4.23. The van der Waals surface area contributed by atoms with Gasteiger partial charge in [-0.25, -0.2) is 4.79 Å². The van der Waals surface area contributed by atoms with Gasteiger partial charge in [0, 0.05) is 18.7 Å². The van der Waals surface area contributed by atoms with Crippen molar-refractivity contribution in [3.8, 4) is 0 Å². The average molecular weight is 373 g/mol. The number of anilines is 1. The molecule has 1 rings (SSSR count). The van der Waals surface area contributed by atoms with Gasteiger partial charge >= 0.3 is 5.97 Å². The van der Waals surface area contributed by atoms with Crippen molar-refractivity contribution in [3.63, 3.8) is 0 Å². The summed E-state index contributed by atoms with van der Waals surface area (Å²) in [4.78, 5) is 46.9. The number of amides is 2. The zero-order valence-corrected chi connectivity index (χ0v) is 16.2. The van der Waals surface area contributed by atoms with Gasteiger partial charge < -0.3 is 10.1 Å². The molecule has 1 aromatic rings. The molecule has 7 heteroatoms. The summed E-state index contributed by atoms with van der Waals surface area (Å²) in [6, 6.07) is 6.46. The lowest BCUT2D eigenvalue weighted by atomic mass is 10.1. The molecule has 0 aliphatic carbocycles. The summed E-state index contributed by atoms with van der Waals surface area (Å²) in [5.41, 5.74) is 0.668. The number of ether oxygens (including phenoxy) is 1. The van der Waals surface area contributed by atoms with E-state index in [9.17, 15) is 19.2 Å². The van der Waals surface area contributed by atoms with Crippen LogP contribution in [0.4, 0.5) is 5.69 Å². The molecule has 0 aliphatic heterocycles. The van der Waals surface area contributed by atoms with E-state index in [-0.39, 0.29) is 0 Å². The van der Waals surface area contributed by atoms with Crippen molar-refractivity contribution in [3.05, 3.63) is 35.9 Å². The highest BCUT2D eigenvalue weighted by atomic mass is 16.6. The summed E-state index contributed by atoms with van der Waals surface area (Å²) in [7, 11) is 0. The topological polar surface area (TPSA) is 92.8 Å². The Morgan fingerprint density at radius 1 is 1.26 bits per heavy atom. The van der Waals surface area contributed by atoms with Crippen LogP contribution in [0.15, 0.2) is 30.3 Å². The van der Waals surface area contributed by atoms with Crippen LogP contribution in [0.1, 0.15) is 40.2 Å². The second kappa shape index (κ2) is 9.66. The molecule has 7 nitrogen and oxygen atoms in total. The molecule has 0 bridgehead atoms. The zero-order chi connectivity index (χ0) is 20.6. The molecule has 2 amide bonds. The van der Waals surface area contributed by atoms with Gasteiger partial charge in [0.2, 0.25) is 12.2 Å². The fourth-order valence-corrected chi connectivity index (χ4v) is 2.12. The summed E-state index contributed by atoms with van der Waals surface area (Å²) in [6.45, 7) is 7.82. The van der Waals surface area contributed by atoms with Crippen LogP contribution in [0.3, 0.4) is 0 Å². The van der Waals surface area contributed by atoms with Gasteiger partial charge in [-0.15, -0.1) is 0 Å². The number of nitrogens with one attached hydrogen (secondary N) is 1. The van der Waals surface area contributed by atoms with Gasteiger partial charge in [0.25, 0.3) is 5.91 Å². The van der Waals surface area contributed by atoms with Crippen LogP contribution < -0.4 is 5.32 Å². The van der Waals surface area contributed by atoms with Crippen molar-refractivity contribution in [2.45, 2.75) is 46.3 Å². The Hall–Kier alpha value is -2.96. The molecular weight excluding hydrogens is 348 g/mol. The smallest absolute Gasteiger partial charge is 0.328 e. The van der Waals surface area contributed by atoms with Crippen LogP contribution in [0, 0.1) is 0 Å². The van der Waals surface area contributed by atoms with Gasteiger partial charge in [-0.05, 0) is 45.4 Å². The maximum atomic E-state index is 12.1. The number of hydrogen-bond acceptors (Lipinski definition) is 6. The van der Waals surface area contributed by atoms with Crippen LogP contribution in [0.25, 0.3) is 6.08 Å². The molecule has 1 atom stereocenters. The maximum Gasteiger partial charge on any atom is 0.328 e. The zero-order valence-electron chi connectivity index (χ0n) is 16.2. The monoisotopic (exact) mass is 373 g/mol. The number of rotatable bonds is 7. The van der Waals surface area contributed by atoms with Crippen molar-refractivity contribution < 1.29 is 23.9 Å². The molecule has 0 aliphatic rings. The third-order valence-electron chi connectivity index (χ3n) is 3.37. The predicted octanol–water partition coefficient (Wildman–Crippen LogP) is 2.33. The first-order valence-corrected chi connectivity index (χ1v) is 8.48. The normalized spacial score (nSPS) is 12.3. The first-order chi connectivity index (χ1) is 12.5. The fourth-order valence-electron chi connectivity index (χ4n) is 2.12. The summed E-state index contributed by atoms with van der Waals surface area (Å²) in [5.74, 6) is -1.57. The number of imide groups is 1. The van der Waals surface area contributed by atoms with E-state index in [0.29, 0.717) is 11.3 Å². The highest BCUT2D eigenvalue weighted by molar-refractivity contribution is 6.03. The number of esters is 1. The molecule has 145 valence electrons. The third-order valence-corrected chi connectivity index (χ3v) is 3.37. The molecule has 0 fully saturated rings. The minimum atomic E-state index is -0.624. The van der Waals surface area contributed by atoms with Gasteiger partial charge in [0.1, 0.15) is 11.6 Å². The molecule has 0 aromatic heterocycles. The van der Waals surface area contributed by atoms with Crippen molar-refractivity contribution in [2.75, 3.05) is 11.9 Å². The van der Waals surface area contributed by atoms with Crippen LogP contribution in [-0.4, -0.2) is 47.2 Å². The molecule has 0 spiro atoms. The number of benzene rings is 1. The molecule has 1 aromatic carbocycles. The third kappa shape index (κ3) is 7.43. The second-order valence-corrected chi connectivity index (χ2v) is 6.91. The highest BCUT2D eigenvalue weighted by Crippen LogP contribution is 2.19. The molecule has 0 saturated heterocycles. The molecule has 1 N–H and O–H groups in total. The summed E-state index contributed by atoms with van der Waals surface area (Å²) < 4.78 is 5.34. The van der Waals surface area contributed by atoms with E-state index in [2.05, 4.69) is 5.32 Å². The van der Waals surface area contributed by atoms with E-state index in [4.69, 9.17) is 4.74 Å².